The summed E-state index contributed by atoms with van der Waals surface area (Å²) in [6.45, 7) is 5.49. The molecule has 0 spiro atoms. The predicted octanol–water partition coefficient (Wildman–Crippen LogP) is 5.15. The molecule has 0 saturated heterocycles. The van der Waals surface area contributed by atoms with Gasteiger partial charge in [-0.15, -0.1) is 0 Å². The highest BCUT2D eigenvalue weighted by atomic mass is 35.5. The van der Waals surface area contributed by atoms with Crippen LogP contribution in [0, 0.1) is 12.3 Å². The third-order valence-electron chi connectivity index (χ3n) is 5.04. The number of amides is 1. The van der Waals surface area contributed by atoms with Gasteiger partial charge in [0.1, 0.15) is 29.8 Å². The molecule has 0 saturated carbocycles. The van der Waals surface area contributed by atoms with Gasteiger partial charge in [0.2, 0.25) is 5.17 Å². The Balaban J connectivity index is 1.34. The number of aryl methyl sites for hydroxylation is 1. The van der Waals surface area contributed by atoms with E-state index in [-0.39, 0.29) is 11.4 Å². The van der Waals surface area contributed by atoms with Crippen LogP contribution >= 0.6 is 23.4 Å². The molecule has 35 heavy (non-hydrogen) atoms. The third-order valence-corrected chi connectivity index (χ3v) is 6.33. The number of rotatable bonds is 10. The van der Waals surface area contributed by atoms with Crippen LogP contribution in [0.3, 0.4) is 0 Å². The molecule has 2 aromatic carbocycles. The lowest BCUT2D eigenvalue weighted by Crippen LogP contribution is -2.35. The molecule has 10 heteroatoms. The standard InChI is InChI=1S/C25H25ClN4O4S/c1-3-22-29-30-23(27)20(24(31)28-25(30)35-22)15-17-14-18(26)7-8-21(17)34-12-10-32-9-11-33-19-6-4-5-16(2)13-19/h4-8,13-15,27H,3,9-12H2,1-2H3/b20-15+,27-23?. The second-order valence-corrected chi connectivity index (χ2v) is 9.15. The van der Waals surface area contributed by atoms with Crippen molar-refractivity contribution in [3.05, 3.63) is 64.2 Å². The van der Waals surface area contributed by atoms with Gasteiger partial charge in [0.05, 0.1) is 18.8 Å². The van der Waals surface area contributed by atoms with E-state index in [0.717, 1.165) is 16.4 Å². The number of amidine groups is 2. The van der Waals surface area contributed by atoms with E-state index in [1.165, 1.54) is 16.8 Å². The Morgan fingerprint density at radius 1 is 1.11 bits per heavy atom. The lowest BCUT2D eigenvalue weighted by atomic mass is 10.1. The molecule has 1 amide bonds. The minimum absolute atomic E-state index is 0.0289. The van der Waals surface area contributed by atoms with Crippen LogP contribution in [0.15, 0.2) is 58.1 Å². The van der Waals surface area contributed by atoms with Crippen molar-refractivity contribution in [3.8, 4) is 11.5 Å². The molecule has 0 bridgehead atoms. The zero-order valence-electron chi connectivity index (χ0n) is 19.4. The summed E-state index contributed by atoms with van der Waals surface area (Å²) in [6.07, 6.45) is 2.26. The molecule has 0 unspecified atom stereocenters. The molecule has 0 fully saturated rings. The monoisotopic (exact) mass is 512 g/mol. The number of fused-ring (bicyclic) bond motifs is 1. The fraction of sp³-hybridized carbons (Fsp3) is 0.280. The number of carbonyl (C=O) groups excluding carboxylic acids is 1. The van der Waals surface area contributed by atoms with Crippen molar-refractivity contribution in [1.29, 1.82) is 5.41 Å². The molecule has 1 N–H and O–H groups in total. The van der Waals surface area contributed by atoms with E-state index in [9.17, 15) is 4.79 Å². The molecule has 182 valence electrons. The van der Waals surface area contributed by atoms with E-state index in [1.54, 1.807) is 24.3 Å². The first-order valence-electron chi connectivity index (χ1n) is 11.1. The van der Waals surface area contributed by atoms with Crippen molar-refractivity contribution >= 4 is 51.4 Å². The lowest BCUT2D eigenvalue weighted by molar-refractivity contribution is -0.114. The summed E-state index contributed by atoms with van der Waals surface area (Å²) in [5.41, 5.74) is 1.83. The Kier molecular flexibility index (Phi) is 8.22. The number of hydrogen-bond acceptors (Lipinski definition) is 7. The average molecular weight is 513 g/mol. The van der Waals surface area contributed by atoms with Crippen molar-refractivity contribution in [3.63, 3.8) is 0 Å². The van der Waals surface area contributed by atoms with Crippen LogP contribution in [0.25, 0.3) is 6.08 Å². The van der Waals surface area contributed by atoms with E-state index in [2.05, 4.69) is 10.1 Å². The van der Waals surface area contributed by atoms with Crippen molar-refractivity contribution in [2.45, 2.75) is 20.3 Å². The summed E-state index contributed by atoms with van der Waals surface area (Å²) in [5.74, 6) is 0.806. The van der Waals surface area contributed by atoms with Gasteiger partial charge in [-0.1, -0.05) is 30.7 Å². The first-order valence-corrected chi connectivity index (χ1v) is 12.3. The largest absolute Gasteiger partial charge is 0.491 e. The van der Waals surface area contributed by atoms with Gasteiger partial charge in [-0.3, -0.25) is 10.2 Å². The van der Waals surface area contributed by atoms with Crippen LogP contribution in [0.4, 0.5) is 0 Å². The minimum atomic E-state index is -0.496. The number of thioether (sulfide) groups is 1. The number of ether oxygens (including phenoxy) is 3. The third kappa shape index (κ3) is 6.30. The van der Waals surface area contributed by atoms with Gasteiger partial charge in [0, 0.05) is 10.6 Å². The second kappa shape index (κ2) is 11.5. The highest BCUT2D eigenvalue weighted by Crippen LogP contribution is 2.31. The normalized spacial score (nSPS) is 16.3. The first-order chi connectivity index (χ1) is 16.9. The highest BCUT2D eigenvalue weighted by molar-refractivity contribution is 8.26. The van der Waals surface area contributed by atoms with E-state index in [0.29, 0.717) is 54.4 Å². The van der Waals surface area contributed by atoms with Gasteiger partial charge in [-0.05, 0) is 67.1 Å². The number of benzene rings is 2. The van der Waals surface area contributed by atoms with Gasteiger partial charge in [0.25, 0.3) is 5.91 Å². The molecule has 0 radical (unpaired) electrons. The van der Waals surface area contributed by atoms with E-state index in [4.69, 9.17) is 31.2 Å². The molecule has 0 aliphatic carbocycles. The van der Waals surface area contributed by atoms with Crippen molar-refractivity contribution in [2.75, 3.05) is 26.4 Å². The van der Waals surface area contributed by atoms with Gasteiger partial charge in [-0.2, -0.15) is 15.1 Å². The van der Waals surface area contributed by atoms with Gasteiger partial charge in [-0.25, -0.2) is 0 Å². The van der Waals surface area contributed by atoms with Gasteiger partial charge >= 0.3 is 0 Å². The fourth-order valence-corrected chi connectivity index (χ4v) is 4.34. The van der Waals surface area contributed by atoms with Crippen molar-refractivity contribution in [1.82, 2.24) is 5.01 Å². The first kappa shape index (κ1) is 25.0. The van der Waals surface area contributed by atoms with Crippen LogP contribution in [0.2, 0.25) is 5.02 Å². The predicted molar refractivity (Wildman–Crippen MR) is 140 cm³/mol. The summed E-state index contributed by atoms with van der Waals surface area (Å²) >= 11 is 7.49. The number of hydrazone groups is 1. The van der Waals surface area contributed by atoms with Crippen LogP contribution in [-0.2, 0) is 9.53 Å². The summed E-state index contributed by atoms with van der Waals surface area (Å²) < 4.78 is 17.1. The molecule has 2 aromatic rings. The number of halogens is 1. The summed E-state index contributed by atoms with van der Waals surface area (Å²) in [7, 11) is 0. The zero-order valence-corrected chi connectivity index (χ0v) is 21.0. The quantitative estimate of drug-likeness (QED) is 0.349. The minimum Gasteiger partial charge on any atom is -0.491 e. The Hall–Kier alpha value is -3.14. The number of aliphatic imine (C=N–C) groups is 1. The average Bonchev–Trinajstić information content (AvgIpc) is 3.25. The fourth-order valence-electron chi connectivity index (χ4n) is 3.33. The Labute approximate surface area is 213 Å². The molecular weight excluding hydrogens is 488 g/mol. The maximum atomic E-state index is 12.6. The Morgan fingerprint density at radius 2 is 1.91 bits per heavy atom. The maximum Gasteiger partial charge on any atom is 0.283 e. The lowest BCUT2D eigenvalue weighted by Gasteiger charge is -2.20. The second-order valence-electron chi connectivity index (χ2n) is 7.68. The Morgan fingerprint density at radius 3 is 2.69 bits per heavy atom. The van der Waals surface area contributed by atoms with Crippen LogP contribution < -0.4 is 9.47 Å². The summed E-state index contributed by atoms with van der Waals surface area (Å²) in [4.78, 5) is 16.7. The number of nitrogens with zero attached hydrogens (tertiary/aromatic N) is 3. The number of nitrogens with one attached hydrogen (secondary N) is 1. The maximum absolute atomic E-state index is 12.6. The topological polar surface area (TPSA) is 96.6 Å². The van der Waals surface area contributed by atoms with E-state index >= 15 is 0 Å². The summed E-state index contributed by atoms with van der Waals surface area (Å²) in [5, 5.41) is 15.9. The van der Waals surface area contributed by atoms with Crippen molar-refractivity contribution in [2.24, 2.45) is 10.1 Å². The smallest absolute Gasteiger partial charge is 0.283 e. The summed E-state index contributed by atoms with van der Waals surface area (Å²) in [6, 6.07) is 13.0. The van der Waals surface area contributed by atoms with E-state index in [1.807, 2.05) is 38.1 Å². The highest BCUT2D eigenvalue weighted by Gasteiger charge is 2.35. The molecule has 0 atom stereocenters. The van der Waals surface area contributed by atoms with Crippen LogP contribution in [-0.4, -0.2) is 53.4 Å². The van der Waals surface area contributed by atoms with Crippen molar-refractivity contribution < 1.29 is 19.0 Å². The molecular formula is C25H25ClN4O4S. The van der Waals surface area contributed by atoms with E-state index < -0.39 is 5.91 Å². The molecule has 4 rings (SSSR count). The molecule has 8 nitrogen and oxygen atoms in total. The molecule has 2 aliphatic rings. The van der Waals surface area contributed by atoms with Crippen LogP contribution in [0.5, 0.6) is 11.5 Å². The molecule has 2 heterocycles. The van der Waals surface area contributed by atoms with Gasteiger partial charge in [0.15, 0.2) is 5.84 Å². The van der Waals surface area contributed by atoms with Crippen LogP contribution in [0.1, 0.15) is 24.5 Å². The zero-order chi connectivity index (χ0) is 24.8. The SMILES string of the molecule is CCC1=NN2C(=N)/C(=C\c3cc(Cl)ccc3OCCOCCOc3cccc(C)c3)C(=O)N=C2S1. The number of carbonyl (C=O) groups is 1. The Bertz CT molecular complexity index is 1230. The molecule has 2 aliphatic heterocycles. The number of hydrogen-bond donors (Lipinski definition) is 1. The van der Waals surface area contributed by atoms with Gasteiger partial charge < -0.3 is 14.2 Å². The molecule has 0 aromatic heterocycles.